The molecule has 0 saturated heterocycles. The molecule has 0 aliphatic rings. The van der Waals surface area contributed by atoms with Crippen molar-refractivity contribution in [3.8, 4) is 5.75 Å². The van der Waals surface area contributed by atoms with Gasteiger partial charge < -0.3 is 15.2 Å². The summed E-state index contributed by atoms with van der Waals surface area (Å²) < 4.78 is 29.3. The maximum Gasteiger partial charge on any atom is 0.335 e. The van der Waals surface area contributed by atoms with E-state index in [1.165, 1.54) is 18.2 Å². The van der Waals surface area contributed by atoms with E-state index in [2.05, 4.69) is 5.32 Å². The van der Waals surface area contributed by atoms with Crippen LogP contribution in [0.3, 0.4) is 0 Å². The van der Waals surface area contributed by atoms with Crippen LogP contribution in [0.2, 0.25) is 0 Å². The standard InChI is InChI=1S/C16H23NO6S/c1-10(2)8-24(21,22)9-15(18)17-13-7-12(16(19)20)5-6-14(13)23-11(3)4/h5-7,10-11H,8-9H2,1-4H3,(H,17,18)(H,19,20). The van der Waals surface area contributed by atoms with Gasteiger partial charge in [-0.1, -0.05) is 13.8 Å². The van der Waals surface area contributed by atoms with Crippen molar-refractivity contribution in [1.29, 1.82) is 0 Å². The van der Waals surface area contributed by atoms with Gasteiger partial charge in [0.15, 0.2) is 9.84 Å². The third-order valence-electron chi connectivity index (χ3n) is 2.80. The van der Waals surface area contributed by atoms with Crippen molar-refractivity contribution in [2.24, 2.45) is 5.92 Å². The molecule has 0 aliphatic heterocycles. The van der Waals surface area contributed by atoms with Gasteiger partial charge >= 0.3 is 5.97 Å². The van der Waals surface area contributed by atoms with Crippen molar-refractivity contribution in [3.63, 3.8) is 0 Å². The lowest BCUT2D eigenvalue weighted by atomic mass is 10.2. The lowest BCUT2D eigenvalue weighted by Crippen LogP contribution is -2.26. The van der Waals surface area contributed by atoms with Crippen LogP contribution in [0.5, 0.6) is 5.75 Å². The summed E-state index contributed by atoms with van der Waals surface area (Å²) in [5, 5.41) is 11.5. The van der Waals surface area contributed by atoms with E-state index >= 15 is 0 Å². The van der Waals surface area contributed by atoms with Crippen molar-refractivity contribution in [1.82, 2.24) is 0 Å². The maximum absolute atomic E-state index is 12.0. The highest BCUT2D eigenvalue weighted by Crippen LogP contribution is 2.27. The predicted octanol–water partition coefficient (Wildman–Crippen LogP) is 2.18. The summed E-state index contributed by atoms with van der Waals surface area (Å²) in [6.07, 6.45) is -0.194. The first-order chi connectivity index (χ1) is 11.0. The highest BCUT2D eigenvalue weighted by molar-refractivity contribution is 7.92. The fourth-order valence-corrected chi connectivity index (χ4v) is 3.68. The number of hydrogen-bond acceptors (Lipinski definition) is 5. The van der Waals surface area contributed by atoms with Gasteiger partial charge in [0.2, 0.25) is 5.91 Å². The summed E-state index contributed by atoms with van der Waals surface area (Å²) in [4.78, 5) is 23.1. The Morgan fingerprint density at radius 3 is 2.33 bits per heavy atom. The third-order valence-corrected chi connectivity index (χ3v) is 4.68. The predicted molar refractivity (Wildman–Crippen MR) is 91.3 cm³/mol. The lowest BCUT2D eigenvalue weighted by molar-refractivity contribution is -0.113. The average molecular weight is 357 g/mol. The molecular formula is C16H23NO6S. The van der Waals surface area contributed by atoms with Gasteiger partial charge in [-0.3, -0.25) is 4.79 Å². The lowest BCUT2D eigenvalue weighted by Gasteiger charge is -2.16. The zero-order chi connectivity index (χ0) is 18.5. The van der Waals surface area contributed by atoms with Crippen molar-refractivity contribution >= 4 is 27.4 Å². The number of amides is 1. The van der Waals surface area contributed by atoms with Crippen LogP contribution in [0.25, 0.3) is 0 Å². The van der Waals surface area contributed by atoms with Crippen LogP contribution in [0.15, 0.2) is 18.2 Å². The molecule has 7 nitrogen and oxygen atoms in total. The highest BCUT2D eigenvalue weighted by Gasteiger charge is 2.20. The molecule has 0 atom stereocenters. The molecule has 1 aromatic carbocycles. The number of carboxylic acid groups (broad SMARTS) is 1. The Morgan fingerprint density at radius 2 is 1.83 bits per heavy atom. The maximum atomic E-state index is 12.0. The van der Waals surface area contributed by atoms with Crippen LogP contribution >= 0.6 is 0 Å². The molecular weight excluding hydrogens is 334 g/mol. The summed E-state index contributed by atoms with van der Waals surface area (Å²) in [6, 6.07) is 4.03. The van der Waals surface area contributed by atoms with E-state index in [-0.39, 0.29) is 34.8 Å². The number of carbonyl (C=O) groups is 2. The third kappa shape index (κ3) is 6.57. The number of rotatable bonds is 8. The molecule has 0 radical (unpaired) electrons. The second-order valence-corrected chi connectivity index (χ2v) is 8.29. The van der Waals surface area contributed by atoms with Gasteiger partial charge in [0.1, 0.15) is 11.5 Å². The molecule has 0 heterocycles. The van der Waals surface area contributed by atoms with Crippen molar-refractivity contribution in [2.45, 2.75) is 33.8 Å². The van der Waals surface area contributed by atoms with Gasteiger partial charge in [-0.2, -0.15) is 0 Å². The molecule has 0 saturated carbocycles. The molecule has 134 valence electrons. The Hall–Kier alpha value is -2.09. The van der Waals surface area contributed by atoms with Crippen LogP contribution in [0.1, 0.15) is 38.1 Å². The first-order valence-corrected chi connectivity index (χ1v) is 9.36. The van der Waals surface area contributed by atoms with Gasteiger partial charge in [-0.25, -0.2) is 13.2 Å². The molecule has 0 aromatic heterocycles. The number of sulfone groups is 1. The Bertz CT molecular complexity index is 709. The molecule has 8 heteroatoms. The molecule has 0 fully saturated rings. The van der Waals surface area contributed by atoms with E-state index in [9.17, 15) is 18.0 Å². The SMILES string of the molecule is CC(C)CS(=O)(=O)CC(=O)Nc1cc(C(=O)O)ccc1OC(C)C. The summed E-state index contributed by atoms with van der Waals surface area (Å²) in [7, 11) is -3.53. The number of aromatic carboxylic acids is 1. The number of carbonyl (C=O) groups excluding carboxylic acids is 1. The van der Waals surface area contributed by atoms with Crippen LogP contribution in [0, 0.1) is 5.92 Å². The van der Waals surface area contributed by atoms with Crippen LogP contribution in [-0.4, -0.2) is 43.0 Å². The molecule has 0 spiro atoms. The Labute approximate surface area is 141 Å². The summed E-state index contributed by atoms with van der Waals surface area (Å²) in [6.45, 7) is 7.06. The quantitative estimate of drug-likeness (QED) is 0.738. The van der Waals surface area contributed by atoms with Gasteiger partial charge in [0.05, 0.1) is 23.1 Å². The van der Waals surface area contributed by atoms with Crippen molar-refractivity contribution < 1.29 is 27.9 Å². The molecule has 0 aliphatic carbocycles. The van der Waals surface area contributed by atoms with E-state index in [1.54, 1.807) is 27.7 Å². The molecule has 0 bridgehead atoms. The molecule has 1 aromatic rings. The fourth-order valence-electron chi connectivity index (χ4n) is 2.07. The number of nitrogens with one attached hydrogen (secondary N) is 1. The minimum atomic E-state index is -3.53. The summed E-state index contributed by atoms with van der Waals surface area (Å²) in [5.41, 5.74) is 0.0970. The van der Waals surface area contributed by atoms with Crippen molar-refractivity contribution in [3.05, 3.63) is 23.8 Å². The van der Waals surface area contributed by atoms with E-state index < -0.39 is 27.5 Å². The summed E-state index contributed by atoms with van der Waals surface area (Å²) >= 11 is 0. The van der Waals surface area contributed by atoms with Gasteiger partial charge in [0.25, 0.3) is 0 Å². The molecule has 0 unspecified atom stereocenters. The van der Waals surface area contributed by atoms with E-state index in [4.69, 9.17) is 9.84 Å². The smallest absolute Gasteiger partial charge is 0.335 e. The average Bonchev–Trinajstić information content (AvgIpc) is 2.37. The van der Waals surface area contributed by atoms with Gasteiger partial charge in [-0.15, -0.1) is 0 Å². The van der Waals surface area contributed by atoms with E-state index in [0.717, 1.165) is 0 Å². The van der Waals surface area contributed by atoms with E-state index in [0.29, 0.717) is 0 Å². The fraction of sp³-hybridized carbons (Fsp3) is 0.500. The first kappa shape index (κ1) is 20.0. The zero-order valence-corrected chi connectivity index (χ0v) is 15.0. The van der Waals surface area contributed by atoms with Crippen LogP contribution in [-0.2, 0) is 14.6 Å². The second-order valence-electron chi connectivity index (χ2n) is 6.18. The number of ether oxygens (including phenoxy) is 1. The van der Waals surface area contributed by atoms with Gasteiger partial charge in [-0.05, 0) is 38.0 Å². The Kier molecular flexibility index (Phi) is 6.77. The molecule has 2 N–H and O–H groups in total. The molecule has 24 heavy (non-hydrogen) atoms. The Balaban J connectivity index is 3.00. The number of hydrogen-bond donors (Lipinski definition) is 2. The molecule has 1 rings (SSSR count). The van der Waals surface area contributed by atoms with E-state index in [1.807, 2.05) is 0 Å². The van der Waals surface area contributed by atoms with Crippen LogP contribution < -0.4 is 10.1 Å². The highest BCUT2D eigenvalue weighted by atomic mass is 32.2. The monoisotopic (exact) mass is 357 g/mol. The van der Waals surface area contributed by atoms with Gasteiger partial charge in [0, 0.05) is 0 Å². The minimum absolute atomic E-state index is 0.0357. The molecule has 1 amide bonds. The zero-order valence-electron chi connectivity index (χ0n) is 14.2. The van der Waals surface area contributed by atoms with Crippen molar-refractivity contribution in [2.75, 3.05) is 16.8 Å². The topological polar surface area (TPSA) is 110 Å². The largest absolute Gasteiger partial charge is 0.489 e. The van der Waals surface area contributed by atoms with Crippen LogP contribution in [0.4, 0.5) is 5.69 Å². The second kappa shape index (κ2) is 8.14. The number of anilines is 1. The Morgan fingerprint density at radius 1 is 1.21 bits per heavy atom. The minimum Gasteiger partial charge on any atom is -0.489 e. The first-order valence-electron chi connectivity index (χ1n) is 7.54. The number of carboxylic acids is 1. The summed E-state index contributed by atoms with van der Waals surface area (Å²) in [5.74, 6) is -2.45. The number of benzene rings is 1. The normalized spacial score (nSPS) is 11.6.